The molecule has 2 rings (SSSR count). The molecular formula is C16H21NO3. The minimum atomic E-state index is -0.312. The van der Waals surface area contributed by atoms with Crippen molar-refractivity contribution in [3.63, 3.8) is 0 Å². The van der Waals surface area contributed by atoms with Crippen LogP contribution in [0.25, 0.3) is 0 Å². The van der Waals surface area contributed by atoms with Crippen LogP contribution in [0.15, 0.2) is 30.3 Å². The number of carbonyl (C=O) groups is 2. The van der Waals surface area contributed by atoms with Crippen LogP contribution in [0.4, 0.5) is 4.79 Å². The van der Waals surface area contributed by atoms with Gasteiger partial charge < -0.3 is 14.4 Å². The molecule has 0 bridgehead atoms. The van der Waals surface area contributed by atoms with E-state index >= 15 is 0 Å². The fourth-order valence-corrected chi connectivity index (χ4v) is 2.75. The van der Waals surface area contributed by atoms with Crippen LogP contribution >= 0.6 is 0 Å². The van der Waals surface area contributed by atoms with E-state index in [4.69, 9.17) is 4.74 Å². The normalized spacial score (nSPS) is 22.4. The van der Waals surface area contributed by atoms with E-state index in [0.717, 1.165) is 31.1 Å². The number of amides is 1. The van der Waals surface area contributed by atoms with E-state index in [1.54, 1.807) is 4.90 Å². The van der Waals surface area contributed by atoms with Crippen molar-refractivity contribution in [3.05, 3.63) is 35.9 Å². The van der Waals surface area contributed by atoms with E-state index in [1.165, 1.54) is 0 Å². The molecule has 1 aliphatic rings. The first-order chi connectivity index (χ1) is 9.72. The summed E-state index contributed by atoms with van der Waals surface area (Å²) in [6.45, 7) is 2.29. The van der Waals surface area contributed by atoms with Crippen LogP contribution in [0.3, 0.4) is 0 Å². The summed E-state index contributed by atoms with van der Waals surface area (Å²) in [6, 6.07) is 9.74. The van der Waals surface area contributed by atoms with Gasteiger partial charge in [0, 0.05) is 18.5 Å². The van der Waals surface area contributed by atoms with Crippen molar-refractivity contribution >= 4 is 12.4 Å². The topological polar surface area (TPSA) is 46.6 Å². The van der Waals surface area contributed by atoms with Gasteiger partial charge in [-0.05, 0) is 31.7 Å². The minimum absolute atomic E-state index is 0.0143. The highest BCUT2D eigenvalue weighted by atomic mass is 16.6. The van der Waals surface area contributed by atoms with Gasteiger partial charge in [0.1, 0.15) is 12.9 Å². The predicted octanol–water partition coefficient (Wildman–Crippen LogP) is 3.16. The molecule has 1 aromatic carbocycles. The highest BCUT2D eigenvalue weighted by molar-refractivity contribution is 5.69. The molecule has 1 saturated heterocycles. The summed E-state index contributed by atoms with van der Waals surface area (Å²) in [4.78, 5) is 24.7. The van der Waals surface area contributed by atoms with Gasteiger partial charge in [-0.25, -0.2) is 4.79 Å². The van der Waals surface area contributed by atoms with Crippen molar-refractivity contribution in [2.75, 3.05) is 0 Å². The first-order valence-electron chi connectivity index (χ1n) is 7.15. The predicted molar refractivity (Wildman–Crippen MR) is 76.2 cm³/mol. The first kappa shape index (κ1) is 14.6. The van der Waals surface area contributed by atoms with Gasteiger partial charge in [0.15, 0.2) is 0 Å². The van der Waals surface area contributed by atoms with Crippen molar-refractivity contribution < 1.29 is 14.3 Å². The molecule has 4 nitrogen and oxygen atoms in total. The van der Waals surface area contributed by atoms with E-state index in [9.17, 15) is 9.59 Å². The second kappa shape index (κ2) is 7.08. The maximum atomic E-state index is 12.3. The molecule has 1 amide bonds. The quantitative estimate of drug-likeness (QED) is 0.793. The smallest absolute Gasteiger partial charge is 0.410 e. The van der Waals surface area contributed by atoms with Crippen LogP contribution < -0.4 is 0 Å². The van der Waals surface area contributed by atoms with Crippen LogP contribution in [-0.4, -0.2) is 29.4 Å². The molecule has 2 atom stereocenters. The summed E-state index contributed by atoms with van der Waals surface area (Å²) in [7, 11) is 0. The van der Waals surface area contributed by atoms with Crippen LogP contribution in [0, 0.1) is 0 Å². The molecule has 0 aliphatic carbocycles. The van der Waals surface area contributed by atoms with Crippen LogP contribution in [0.2, 0.25) is 0 Å². The highest BCUT2D eigenvalue weighted by Crippen LogP contribution is 2.25. The summed E-state index contributed by atoms with van der Waals surface area (Å²) in [5.74, 6) is 0. The molecule has 0 unspecified atom stereocenters. The lowest BCUT2D eigenvalue weighted by Gasteiger charge is -2.39. The number of benzene rings is 1. The molecule has 4 heteroatoms. The number of likely N-dealkylation sites (tertiary alicyclic amines) is 1. The number of hydrogen-bond acceptors (Lipinski definition) is 3. The Bertz CT molecular complexity index is 446. The molecule has 1 heterocycles. The molecule has 20 heavy (non-hydrogen) atoms. The third kappa shape index (κ3) is 3.59. The first-order valence-corrected chi connectivity index (χ1v) is 7.15. The lowest BCUT2D eigenvalue weighted by Crippen LogP contribution is -2.49. The lowest BCUT2D eigenvalue weighted by molar-refractivity contribution is -0.109. The van der Waals surface area contributed by atoms with Gasteiger partial charge in [-0.15, -0.1) is 0 Å². The monoisotopic (exact) mass is 275 g/mol. The van der Waals surface area contributed by atoms with E-state index in [1.807, 2.05) is 37.3 Å². The molecule has 0 spiro atoms. The number of carbonyl (C=O) groups excluding carboxylic acids is 2. The summed E-state index contributed by atoms with van der Waals surface area (Å²) >= 11 is 0. The number of nitrogens with zero attached hydrogens (tertiary/aromatic N) is 1. The number of piperidine rings is 1. The van der Waals surface area contributed by atoms with E-state index in [0.29, 0.717) is 6.42 Å². The van der Waals surface area contributed by atoms with Crippen molar-refractivity contribution in [2.45, 2.75) is 51.3 Å². The van der Waals surface area contributed by atoms with Gasteiger partial charge in [0.25, 0.3) is 0 Å². The Morgan fingerprint density at radius 3 is 2.80 bits per heavy atom. The Hall–Kier alpha value is -1.84. The van der Waals surface area contributed by atoms with Gasteiger partial charge in [-0.2, -0.15) is 0 Å². The van der Waals surface area contributed by atoms with Crippen LogP contribution in [0.5, 0.6) is 0 Å². The average molecular weight is 275 g/mol. The summed E-state index contributed by atoms with van der Waals surface area (Å²) in [5.41, 5.74) is 0.970. The van der Waals surface area contributed by atoms with Gasteiger partial charge in [-0.1, -0.05) is 30.3 Å². The zero-order valence-corrected chi connectivity index (χ0v) is 11.8. The van der Waals surface area contributed by atoms with Crippen LogP contribution in [-0.2, 0) is 16.1 Å². The molecule has 1 aliphatic heterocycles. The Kier molecular flexibility index (Phi) is 5.16. The zero-order chi connectivity index (χ0) is 14.4. The van der Waals surface area contributed by atoms with Gasteiger partial charge in [-0.3, -0.25) is 0 Å². The Balaban J connectivity index is 1.96. The molecule has 0 saturated carbocycles. The largest absolute Gasteiger partial charge is 0.445 e. The second-order valence-electron chi connectivity index (χ2n) is 5.28. The van der Waals surface area contributed by atoms with E-state index in [-0.39, 0.29) is 24.8 Å². The maximum absolute atomic E-state index is 12.3. The van der Waals surface area contributed by atoms with Crippen molar-refractivity contribution in [1.82, 2.24) is 4.90 Å². The maximum Gasteiger partial charge on any atom is 0.410 e. The van der Waals surface area contributed by atoms with E-state index < -0.39 is 0 Å². The highest BCUT2D eigenvalue weighted by Gasteiger charge is 2.32. The lowest BCUT2D eigenvalue weighted by atomic mass is 9.95. The van der Waals surface area contributed by atoms with Gasteiger partial charge in [0.05, 0.1) is 0 Å². The molecule has 0 N–H and O–H groups in total. The van der Waals surface area contributed by atoms with Crippen LogP contribution in [0.1, 0.15) is 38.2 Å². The summed E-state index contributed by atoms with van der Waals surface area (Å²) < 4.78 is 5.39. The second-order valence-corrected chi connectivity index (χ2v) is 5.28. The summed E-state index contributed by atoms with van der Waals surface area (Å²) in [5, 5.41) is 0. The standard InChI is InChI=1S/C16H21NO3/c1-13-6-5-9-15(10-11-18)17(13)16(19)20-12-14-7-3-2-4-8-14/h2-4,7-8,11,13,15H,5-6,9-10,12H2,1H3/t13-,15-/m1/s1. The molecule has 1 fully saturated rings. The van der Waals surface area contributed by atoms with E-state index in [2.05, 4.69) is 0 Å². The minimum Gasteiger partial charge on any atom is -0.445 e. The molecule has 108 valence electrons. The average Bonchev–Trinajstić information content (AvgIpc) is 2.46. The fourth-order valence-electron chi connectivity index (χ4n) is 2.75. The molecule has 1 aromatic rings. The van der Waals surface area contributed by atoms with Crippen molar-refractivity contribution in [2.24, 2.45) is 0 Å². The Morgan fingerprint density at radius 1 is 1.35 bits per heavy atom. The molecule has 0 radical (unpaired) electrons. The third-order valence-electron chi connectivity index (χ3n) is 3.81. The summed E-state index contributed by atoms with van der Waals surface area (Å²) in [6.07, 6.45) is 3.87. The number of rotatable bonds is 4. The van der Waals surface area contributed by atoms with Crippen molar-refractivity contribution in [1.29, 1.82) is 0 Å². The third-order valence-corrected chi connectivity index (χ3v) is 3.81. The Labute approximate surface area is 119 Å². The molecular weight excluding hydrogens is 254 g/mol. The number of aldehydes is 1. The fraction of sp³-hybridized carbons (Fsp3) is 0.500. The number of hydrogen-bond donors (Lipinski definition) is 0. The SMILES string of the molecule is C[C@@H]1CCC[C@H](CC=O)N1C(=O)OCc1ccccc1. The van der Waals surface area contributed by atoms with Gasteiger partial charge in [0.2, 0.25) is 0 Å². The number of ether oxygens (including phenoxy) is 1. The zero-order valence-electron chi connectivity index (χ0n) is 11.8. The Morgan fingerprint density at radius 2 is 2.10 bits per heavy atom. The molecule has 0 aromatic heterocycles. The van der Waals surface area contributed by atoms with Gasteiger partial charge >= 0.3 is 6.09 Å². The van der Waals surface area contributed by atoms with Crippen molar-refractivity contribution in [3.8, 4) is 0 Å².